The number of halogens is 1. The third-order valence-corrected chi connectivity index (χ3v) is 5.06. The first-order chi connectivity index (χ1) is 15.6. The second-order valence-corrected chi connectivity index (χ2v) is 7.61. The molecule has 1 amide bonds. The number of amides is 1. The first-order valence-corrected chi connectivity index (χ1v) is 10.4. The largest absolute Gasteiger partial charge is 0.497 e. The van der Waals surface area contributed by atoms with E-state index < -0.39 is 0 Å². The molecule has 0 aliphatic heterocycles. The van der Waals surface area contributed by atoms with Crippen molar-refractivity contribution in [3.8, 4) is 11.5 Å². The van der Waals surface area contributed by atoms with Crippen LogP contribution in [0, 0.1) is 0 Å². The highest BCUT2D eigenvalue weighted by atomic mass is 35.5. The molecule has 0 fully saturated rings. The summed E-state index contributed by atoms with van der Waals surface area (Å²) in [7, 11) is 1.64. The Morgan fingerprint density at radius 3 is 2.53 bits per heavy atom. The van der Waals surface area contributed by atoms with Crippen molar-refractivity contribution in [2.24, 2.45) is 0 Å². The maximum absolute atomic E-state index is 12.6. The Bertz CT molecular complexity index is 1190. The fraction of sp³-hybridized carbons (Fsp3) is 0.120. The van der Waals surface area contributed by atoms with Gasteiger partial charge in [0.25, 0.3) is 5.91 Å². The van der Waals surface area contributed by atoms with Gasteiger partial charge in [-0.05, 0) is 59.7 Å². The molecule has 4 aromatic rings. The van der Waals surface area contributed by atoms with Crippen molar-refractivity contribution in [1.82, 2.24) is 9.78 Å². The second-order valence-electron chi connectivity index (χ2n) is 7.17. The van der Waals surface area contributed by atoms with Crippen molar-refractivity contribution in [3.05, 3.63) is 107 Å². The van der Waals surface area contributed by atoms with Gasteiger partial charge in [-0.2, -0.15) is 5.10 Å². The van der Waals surface area contributed by atoms with E-state index in [1.54, 1.807) is 48.5 Å². The fourth-order valence-corrected chi connectivity index (χ4v) is 3.25. The zero-order valence-electron chi connectivity index (χ0n) is 17.5. The Balaban J connectivity index is 1.32. The third-order valence-electron chi connectivity index (χ3n) is 4.81. The van der Waals surface area contributed by atoms with Gasteiger partial charge in [-0.15, -0.1) is 0 Å². The molecule has 0 radical (unpaired) electrons. The highest BCUT2D eigenvalue weighted by molar-refractivity contribution is 6.30. The Labute approximate surface area is 191 Å². The molecular formula is C25H22ClN3O3. The molecule has 0 bridgehead atoms. The van der Waals surface area contributed by atoms with E-state index in [0.717, 1.165) is 22.6 Å². The lowest BCUT2D eigenvalue weighted by atomic mass is 10.1. The summed E-state index contributed by atoms with van der Waals surface area (Å²) in [5.41, 5.74) is 3.21. The lowest BCUT2D eigenvalue weighted by Gasteiger charge is -2.07. The monoisotopic (exact) mass is 447 g/mol. The molecule has 32 heavy (non-hydrogen) atoms. The number of rotatable bonds is 8. The predicted octanol–water partition coefficient (Wildman–Crippen LogP) is 5.42. The molecule has 0 unspecified atom stereocenters. The Kier molecular flexibility index (Phi) is 6.72. The van der Waals surface area contributed by atoms with Gasteiger partial charge < -0.3 is 14.8 Å². The van der Waals surface area contributed by atoms with Gasteiger partial charge in [-0.3, -0.25) is 9.48 Å². The average Bonchev–Trinajstić information content (AvgIpc) is 3.25. The first-order valence-electron chi connectivity index (χ1n) is 10.0. The zero-order valence-corrected chi connectivity index (χ0v) is 18.3. The van der Waals surface area contributed by atoms with E-state index in [-0.39, 0.29) is 5.91 Å². The van der Waals surface area contributed by atoms with Crippen LogP contribution in [0.3, 0.4) is 0 Å². The lowest BCUT2D eigenvalue weighted by molar-refractivity contribution is 0.102. The van der Waals surface area contributed by atoms with Crippen LogP contribution in [-0.4, -0.2) is 22.8 Å². The summed E-state index contributed by atoms with van der Waals surface area (Å²) in [6.45, 7) is 0.982. The van der Waals surface area contributed by atoms with E-state index in [0.29, 0.717) is 29.4 Å². The molecule has 4 rings (SSSR count). The van der Waals surface area contributed by atoms with Crippen LogP contribution in [0.4, 0.5) is 5.69 Å². The summed E-state index contributed by atoms with van der Waals surface area (Å²) < 4.78 is 12.7. The summed E-state index contributed by atoms with van der Waals surface area (Å²) in [5.74, 6) is 1.34. The molecule has 7 heteroatoms. The van der Waals surface area contributed by atoms with Gasteiger partial charge in [0.2, 0.25) is 0 Å². The number of carbonyl (C=O) groups is 1. The molecule has 0 saturated heterocycles. The van der Waals surface area contributed by atoms with Crippen molar-refractivity contribution in [3.63, 3.8) is 0 Å². The van der Waals surface area contributed by atoms with Crippen molar-refractivity contribution in [1.29, 1.82) is 0 Å². The average molecular weight is 448 g/mol. The maximum atomic E-state index is 12.6. The third kappa shape index (κ3) is 5.68. The summed E-state index contributed by atoms with van der Waals surface area (Å²) in [4.78, 5) is 12.6. The SMILES string of the molecule is COc1cccc(Cn2cc(NC(=O)c3ccc(COc4ccc(Cl)cc4)cc3)cn2)c1. The minimum absolute atomic E-state index is 0.198. The molecule has 162 valence electrons. The zero-order chi connectivity index (χ0) is 22.3. The van der Waals surface area contributed by atoms with Gasteiger partial charge in [0, 0.05) is 16.8 Å². The number of anilines is 1. The van der Waals surface area contributed by atoms with Crippen molar-refractivity contribution in [2.75, 3.05) is 12.4 Å². The molecule has 0 atom stereocenters. The molecule has 0 aliphatic carbocycles. The van der Waals surface area contributed by atoms with Gasteiger partial charge in [0.05, 0.1) is 25.5 Å². The van der Waals surface area contributed by atoms with Crippen LogP contribution < -0.4 is 14.8 Å². The van der Waals surface area contributed by atoms with Crippen LogP contribution in [-0.2, 0) is 13.2 Å². The van der Waals surface area contributed by atoms with Gasteiger partial charge in [-0.25, -0.2) is 0 Å². The highest BCUT2D eigenvalue weighted by Crippen LogP contribution is 2.18. The molecular weight excluding hydrogens is 426 g/mol. The van der Waals surface area contributed by atoms with Crippen LogP contribution in [0.5, 0.6) is 11.5 Å². The smallest absolute Gasteiger partial charge is 0.255 e. The summed E-state index contributed by atoms with van der Waals surface area (Å²) in [6.07, 6.45) is 3.43. The number of aromatic nitrogens is 2. The highest BCUT2D eigenvalue weighted by Gasteiger charge is 2.08. The van der Waals surface area contributed by atoms with E-state index in [9.17, 15) is 4.79 Å². The summed E-state index contributed by atoms with van der Waals surface area (Å²) >= 11 is 5.88. The molecule has 3 aromatic carbocycles. The summed E-state index contributed by atoms with van der Waals surface area (Å²) in [6, 6.07) is 22.3. The van der Waals surface area contributed by atoms with Gasteiger partial charge in [0.15, 0.2) is 0 Å². The Hall–Kier alpha value is -3.77. The van der Waals surface area contributed by atoms with E-state index in [1.165, 1.54) is 0 Å². The number of benzene rings is 3. The fourth-order valence-electron chi connectivity index (χ4n) is 3.13. The van der Waals surface area contributed by atoms with Crippen molar-refractivity contribution in [2.45, 2.75) is 13.2 Å². The standard InChI is InChI=1S/C25H22ClN3O3/c1-31-24-4-2-3-19(13-24)15-29-16-22(14-27-29)28-25(30)20-7-5-18(6-8-20)17-32-23-11-9-21(26)10-12-23/h2-14,16H,15,17H2,1H3,(H,28,30). The van der Waals surface area contributed by atoms with Gasteiger partial charge in [0.1, 0.15) is 18.1 Å². The minimum atomic E-state index is -0.198. The number of hydrogen-bond acceptors (Lipinski definition) is 4. The van der Waals surface area contributed by atoms with Crippen LogP contribution in [0.1, 0.15) is 21.5 Å². The molecule has 0 aliphatic rings. The van der Waals surface area contributed by atoms with E-state index in [1.807, 2.05) is 48.5 Å². The second kappa shape index (κ2) is 10.0. The maximum Gasteiger partial charge on any atom is 0.255 e. The quantitative estimate of drug-likeness (QED) is 0.391. The van der Waals surface area contributed by atoms with Crippen LogP contribution in [0.25, 0.3) is 0 Å². The van der Waals surface area contributed by atoms with Gasteiger partial charge in [-0.1, -0.05) is 35.9 Å². The topological polar surface area (TPSA) is 65.4 Å². The molecule has 1 heterocycles. The number of methoxy groups -OCH3 is 1. The molecule has 6 nitrogen and oxygen atoms in total. The van der Waals surface area contributed by atoms with Crippen LogP contribution >= 0.6 is 11.6 Å². The Morgan fingerprint density at radius 1 is 1.00 bits per heavy atom. The lowest BCUT2D eigenvalue weighted by Crippen LogP contribution is -2.11. The number of nitrogens with one attached hydrogen (secondary N) is 1. The van der Waals surface area contributed by atoms with E-state index in [4.69, 9.17) is 21.1 Å². The molecule has 0 spiro atoms. The molecule has 1 N–H and O–H groups in total. The Morgan fingerprint density at radius 2 is 1.78 bits per heavy atom. The number of nitrogens with zero attached hydrogens (tertiary/aromatic N) is 2. The van der Waals surface area contributed by atoms with Crippen LogP contribution in [0.2, 0.25) is 5.02 Å². The van der Waals surface area contributed by atoms with Crippen LogP contribution in [0.15, 0.2) is 85.2 Å². The van der Waals surface area contributed by atoms with E-state index in [2.05, 4.69) is 10.4 Å². The first kappa shape index (κ1) is 21.5. The minimum Gasteiger partial charge on any atom is -0.497 e. The van der Waals surface area contributed by atoms with Crippen molar-refractivity contribution < 1.29 is 14.3 Å². The molecule has 1 aromatic heterocycles. The van der Waals surface area contributed by atoms with Crippen molar-refractivity contribution >= 4 is 23.2 Å². The normalized spacial score (nSPS) is 10.6. The number of ether oxygens (including phenoxy) is 2. The van der Waals surface area contributed by atoms with E-state index >= 15 is 0 Å². The summed E-state index contributed by atoms with van der Waals surface area (Å²) in [5, 5.41) is 7.87. The number of hydrogen-bond donors (Lipinski definition) is 1. The number of carbonyl (C=O) groups excluding carboxylic acids is 1. The van der Waals surface area contributed by atoms with Gasteiger partial charge >= 0.3 is 0 Å². The molecule has 0 saturated carbocycles. The predicted molar refractivity (Wildman–Crippen MR) is 125 cm³/mol.